The van der Waals surface area contributed by atoms with Crippen LogP contribution in [-0.4, -0.2) is 23.9 Å². The number of aliphatic imine (C=N–C) groups is 1. The predicted octanol–water partition coefficient (Wildman–Crippen LogP) is 3.22. The maximum Gasteiger partial charge on any atom is 0.191 e. The number of guanidine groups is 1. The summed E-state index contributed by atoms with van der Waals surface area (Å²) in [6, 6.07) is 6.48. The lowest BCUT2D eigenvalue weighted by atomic mass is 10.1. The topological polar surface area (TPSA) is 41.6 Å². The summed E-state index contributed by atoms with van der Waals surface area (Å²) in [6.07, 6.45) is 3.79. The number of nitrogens with zero attached hydrogens (tertiary/aromatic N) is 2. The van der Waals surface area contributed by atoms with Crippen LogP contribution in [0.4, 0.5) is 0 Å². The van der Waals surface area contributed by atoms with Crippen LogP contribution in [0.25, 0.3) is 0 Å². The van der Waals surface area contributed by atoms with Crippen molar-refractivity contribution >= 4 is 29.9 Å². The van der Waals surface area contributed by atoms with Crippen LogP contribution in [0.1, 0.15) is 36.0 Å². The highest BCUT2D eigenvalue weighted by Gasteiger charge is 2.11. The third-order valence-corrected chi connectivity index (χ3v) is 3.59. The third kappa shape index (κ3) is 4.67. The van der Waals surface area contributed by atoms with E-state index < -0.39 is 0 Å². The second-order valence-corrected chi connectivity index (χ2v) is 5.15. The Morgan fingerprint density at radius 3 is 2.53 bits per heavy atom. The lowest BCUT2D eigenvalue weighted by Gasteiger charge is -2.27. The number of rotatable bonds is 2. The molecule has 0 saturated carbocycles. The van der Waals surface area contributed by atoms with Gasteiger partial charge in [0.2, 0.25) is 0 Å². The Kier molecular flexibility index (Phi) is 6.62. The van der Waals surface area contributed by atoms with E-state index in [0.717, 1.165) is 13.1 Å². The van der Waals surface area contributed by atoms with Gasteiger partial charge in [-0.2, -0.15) is 0 Å². The summed E-state index contributed by atoms with van der Waals surface area (Å²) in [5.74, 6) is 0.703. The summed E-state index contributed by atoms with van der Waals surface area (Å²) in [7, 11) is 0. The quantitative estimate of drug-likeness (QED) is 0.491. The van der Waals surface area contributed by atoms with Crippen molar-refractivity contribution in [3.8, 4) is 0 Å². The molecule has 1 fully saturated rings. The lowest BCUT2D eigenvalue weighted by Crippen LogP contribution is -2.40. The molecule has 0 unspecified atom stereocenters. The van der Waals surface area contributed by atoms with Gasteiger partial charge in [-0.15, -0.1) is 24.0 Å². The molecule has 1 saturated heterocycles. The average molecular weight is 373 g/mol. The van der Waals surface area contributed by atoms with Crippen molar-refractivity contribution < 1.29 is 0 Å². The van der Waals surface area contributed by atoms with E-state index in [1.54, 1.807) is 0 Å². The van der Waals surface area contributed by atoms with E-state index in [2.05, 4.69) is 41.9 Å². The van der Waals surface area contributed by atoms with Crippen LogP contribution in [0.15, 0.2) is 23.2 Å². The van der Waals surface area contributed by atoms with E-state index in [1.165, 1.54) is 36.0 Å². The van der Waals surface area contributed by atoms with Gasteiger partial charge in [-0.3, -0.25) is 0 Å². The van der Waals surface area contributed by atoms with Crippen molar-refractivity contribution in [3.05, 3.63) is 34.9 Å². The van der Waals surface area contributed by atoms with Gasteiger partial charge in [-0.1, -0.05) is 23.8 Å². The normalized spacial score (nSPS) is 16.1. The average Bonchev–Trinajstić information content (AvgIpc) is 2.38. The molecule has 3 nitrogen and oxygen atoms in total. The molecule has 0 atom stereocenters. The standard InChI is InChI=1S/C15H23N3.HI/c1-12-6-7-14(13(2)10-12)11-17-15(16)18-8-4-3-5-9-18;/h6-7,10H,3-5,8-9,11H2,1-2H3,(H2,16,17);1H. The molecule has 2 rings (SSSR count). The maximum absolute atomic E-state index is 6.05. The van der Waals surface area contributed by atoms with Crippen molar-refractivity contribution in [2.45, 2.75) is 39.7 Å². The summed E-state index contributed by atoms with van der Waals surface area (Å²) in [4.78, 5) is 6.73. The number of nitrogens with two attached hydrogens (primary N) is 1. The molecule has 106 valence electrons. The molecule has 0 aliphatic carbocycles. The van der Waals surface area contributed by atoms with Gasteiger partial charge in [0.05, 0.1) is 6.54 Å². The van der Waals surface area contributed by atoms with Gasteiger partial charge in [0.1, 0.15) is 0 Å². The van der Waals surface area contributed by atoms with Gasteiger partial charge in [-0.05, 0) is 44.2 Å². The fraction of sp³-hybridized carbons (Fsp3) is 0.533. The first-order valence-electron chi connectivity index (χ1n) is 6.78. The van der Waals surface area contributed by atoms with Crippen molar-refractivity contribution in [3.63, 3.8) is 0 Å². The number of aryl methyl sites for hydroxylation is 2. The molecule has 4 heteroatoms. The Morgan fingerprint density at radius 2 is 1.89 bits per heavy atom. The highest BCUT2D eigenvalue weighted by atomic mass is 127. The first kappa shape index (κ1) is 16.3. The van der Waals surface area contributed by atoms with Crippen LogP contribution in [0.5, 0.6) is 0 Å². The molecule has 1 aromatic carbocycles. The summed E-state index contributed by atoms with van der Waals surface area (Å²) in [6.45, 7) is 7.05. The summed E-state index contributed by atoms with van der Waals surface area (Å²) >= 11 is 0. The van der Waals surface area contributed by atoms with Gasteiger partial charge >= 0.3 is 0 Å². The zero-order chi connectivity index (χ0) is 13.0. The van der Waals surface area contributed by atoms with Crippen LogP contribution in [0.2, 0.25) is 0 Å². The van der Waals surface area contributed by atoms with E-state index in [0.29, 0.717) is 12.5 Å². The van der Waals surface area contributed by atoms with Gasteiger partial charge in [0.25, 0.3) is 0 Å². The molecule has 2 N–H and O–H groups in total. The molecule has 0 aromatic heterocycles. The fourth-order valence-corrected chi connectivity index (χ4v) is 2.41. The van der Waals surface area contributed by atoms with E-state index >= 15 is 0 Å². The Morgan fingerprint density at radius 1 is 1.21 bits per heavy atom. The van der Waals surface area contributed by atoms with Crippen LogP contribution in [-0.2, 0) is 6.54 Å². The number of halogens is 1. The largest absolute Gasteiger partial charge is 0.370 e. The fourth-order valence-electron chi connectivity index (χ4n) is 2.41. The first-order valence-corrected chi connectivity index (χ1v) is 6.78. The smallest absolute Gasteiger partial charge is 0.191 e. The molecule has 0 bridgehead atoms. The molecule has 1 heterocycles. The van der Waals surface area contributed by atoms with E-state index in [-0.39, 0.29) is 24.0 Å². The molecule has 0 amide bonds. The summed E-state index contributed by atoms with van der Waals surface area (Å²) in [5.41, 5.74) is 9.91. The monoisotopic (exact) mass is 373 g/mol. The number of hydrogen-bond donors (Lipinski definition) is 1. The zero-order valence-electron chi connectivity index (χ0n) is 11.9. The van der Waals surface area contributed by atoms with E-state index in [9.17, 15) is 0 Å². The summed E-state index contributed by atoms with van der Waals surface area (Å²) < 4.78 is 0. The Hall–Kier alpha value is -0.780. The molecule has 1 aliphatic heterocycles. The van der Waals surface area contributed by atoms with E-state index in [4.69, 9.17) is 5.73 Å². The number of piperidine rings is 1. The zero-order valence-corrected chi connectivity index (χ0v) is 14.2. The van der Waals surface area contributed by atoms with E-state index in [1.807, 2.05) is 0 Å². The minimum atomic E-state index is 0. The number of hydrogen-bond acceptors (Lipinski definition) is 1. The molecule has 19 heavy (non-hydrogen) atoms. The molecular weight excluding hydrogens is 349 g/mol. The van der Waals surface area contributed by atoms with Crippen LogP contribution >= 0.6 is 24.0 Å². The predicted molar refractivity (Wildman–Crippen MR) is 92.1 cm³/mol. The number of benzene rings is 1. The van der Waals surface area contributed by atoms with Gasteiger partial charge in [0.15, 0.2) is 5.96 Å². The summed E-state index contributed by atoms with van der Waals surface area (Å²) in [5, 5.41) is 0. The van der Waals surface area contributed by atoms with Crippen LogP contribution in [0.3, 0.4) is 0 Å². The number of likely N-dealkylation sites (tertiary alicyclic amines) is 1. The second-order valence-electron chi connectivity index (χ2n) is 5.15. The minimum Gasteiger partial charge on any atom is -0.370 e. The van der Waals surface area contributed by atoms with Crippen LogP contribution < -0.4 is 5.73 Å². The SMILES string of the molecule is Cc1ccc(CN=C(N)N2CCCCC2)c(C)c1.I. The van der Waals surface area contributed by atoms with Crippen molar-refractivity contribution in [2.75, 3.05) is 13.1 Å². The van der Waals surface area contributed by atoms with Gasteiger partial charge in [-0.25, -0.2) is 4.99 Å². The molecule has 1 aliphatic rings. The molecular formula is C15H24IN3. The maximum atomic E-state index is 6.05. The highest BCUT2D eigenvalue weighted by molar-refractivity contribution is 14.0. The van der Waals surface area contributed by atoms with Gasteiger partial charge in [0, 0.05) is 13.1 Å². The molecule has 0 spiro atoms. The second kappa shape index (κ2) is 7.72. The third-order valence-electron chi connectivity index (χ3n) is 3.59. The molecule has 1 aromatic rings. The highest BCUT2D eigenvalue weighted by Crippen LogP contribution is 2.12. The van der Waals surface area contributed by atoms with Crippen molar-refractivity contribution in [2.24, 2.45) is 10.7 Å². The molecule has 0 radical (unpaired) electrons. The minimum absolute atomic E-state index is 0. The lowest BCUT2D eigenvalue weighted by molar-refractivity contribution is 0.338. The Balaban J connectivity index is 0.00000180. The first-order chi connectivity index (χ1) is 8.66. The van der Waals surface area contributed by atoms with Crippen molar-refractivity contribution in [1.82, 2.24) is 4.90 Å². The Labute approximate surface area is 133 Å². The Bertz CT molecular complexity index is 437. The van der Waals surface area contributed by atoms with Crippen LogP contribution in [0, 0.1) is 13.8 Å². The van der Waals surface area contributed by atoms with Gasteiger partial charge < -0.3 is 10.6 Å². The van der Waals surface area contributed by atoms with Crippen molar-refractivity contribution in [1.29, 1.82) is 0 Å².